The van der Waals surface area contributed by atoms with Crippen molar-refractivity contribution in [2.75, 3.05) is 11.4 Å². The molecule has 0 aliphatic carbocycles. The van der Waals surface area contributed by atoms with Crippen molar-refractivity contribution in [3.63, 3.8) is 0 Å². The molecule has 0 saturated carbocycles. The summed E-state index contributed by atoms with van der Waals surface area (Å²) in [6.45, 7) is 0.637. The van der Waals surface area contributed by atoms with Crippen LogP contribution in [-0.4, -0.2) is 22.6 Å². The first-order valence-electron chi connectivity index (χ1n) is 6.01. The Morgan fingerprint density at radius 2 is 2.20 bits per heavy atom. The van der Waals surface area contributed by atoms with Crippen molar-refractivity contribution in [1.29, 1.82) is 0 Å². The molecule has 1 N–H and O–H groups in total. The Morgan fingerprint density at radius 1 is 1.40 bits per heavy atom. The molecular formula is C14H10ClFN2O2. The van der Waals surface area contributed by atoms with Gasteiger partial charge in [-0.15, -0.1) is 0 Å². The van der Waals surface area contributed by atoms with Crippen molar-refractivity contribution < 1.29 is 14.3 Å². The summed E-state index contributed by atoms with van der Waals surface area (Å²) < 4.78 is 13.4. The number of fused-ring (bicyclic) bond motifs is 1. The average molecular weight is 293 g/mol. The number of anilines is 2. The normalized spacial score (nSPS) is 13.4. The van der Waals surface area contributed by atoms with Crippen molar-refractivity contribution >= 4 is 29.1 Å². The zero-order chi connectivity index (χ0) is 14.3. The monoisotopic (exact) mass is 292 g/mol. The van der Waals surface area contributed by atoms with Crippen LogP contribution >= 0.6 is 11.6 Å². The second kappa shape index (κ2) is 4.76. The summed E-state index contributed by atoms with van der Waals surface area (Å²) in [6, 6.07) is 5.95. The van der Waals surface area contributed by atoms with E-state index in [9.17, 15) is 9.18 Å². The van der Waals surface area contributed by atoms with Crippen molar-refractivity contribution in [2.24, 2.45) is 0 Å². The van der Waals surface area contributed by atoms with Crippen LogP contribution in [0.5, 0.6) is 0 Å². The topological polar surface area (TPSA) is 53.4 Å². The number of hydrogen-bond donors (Lipinski definition) is 1. The second-order valence-electron chi connectivity index (χ2n) is 4.51. The third-order valence-electron chi connectivity index (χ3n) is 3.27. The summed E-state index contributed by atoms with van der Waals surface area (Å²) >= 11 is 6.10. The Balaban J connectivity index is 2.04. The van der Waals surface area contributed by atoms with Gasteiger partial charge in [-0.1, -0.05) is 17.7 Å². The minimum atomic E-state index is -1.08. The fraction of sp³-hybridized carbons (Fsp3) is 0.143. The standard InChI is InChI=1S/C14H10ClFN2O2/c15-11-5-9(14(19)20)7-17-13(11)18-4-3-8-1-2-10(16)6-12(8)18/h1-2,5-7H,3-4H2,(H,19,20). The predicted molar refractivity (Wildman–Crippen MR) is 73.3 cm³/mol. The maximum atomic E-state index is 13.4. The lowest BCUT2D eigenvalue weighted by Crippen LogP contribution is -2.16. The number of rotatable bonds is 2. The molecule has 1 aliphatic heterocycles. The fourth-order valence-corrected chi connectivity index (χ4v) is 2.59. The lowest BCUT2D eigenvalue weighted by Gasteiger charge is -2.19. The molecule has 0 amide bonds. The maximum absolute atomic E-state index is 13.4. The van der Waals surface area contributed by atoms with Gasteiger partial charge in [0, 0.05) is 18.4 Å². The van der Waals surface area contributed by atoms with Crippen LogP contribution in [0.2, 0.25) is 5.02 Å². The van der Waals surface area contributed by atoms with E-state index >= 15 is 0 Å². The van der Waals surface area contributed by atoms with Crippen LogP contribution in [0, 0.1) is 5.82 Å². The Morgan fingerprint density at radius 3 is 2.90 bits per heavy atom. The van der Waals surface area contributed by atoms with E-state index in [0.717, 1.165) is 17.7 Å². The molecule has 1 aliphatic rings. The molecule has 0 spiro atoms. The largest absolute Gasteiger partial charge is 0.478 e. The van der Waals surface area contributed by atoms with Crippen LogP contribution < -0.4 is 4.90 Å². The molecule has 0 fully saturated rings. The summed E-state index contributed by atoms with van der Waals surface area (Å²) in [5.41, 5.74) is 1.77. The van der Waals surface area contributed by atoms with Crippen molar-refractivity contribution in [3.8, 4) is 0 Å². The number of halogens is 2. The first-order chi connectivity index (χ1) is 9.56. The molecule has 0 saturated heterocycles. The first-order valence-corrected chi connectivity index (χ1v) is 6.39. The molecule has 0 unspecified atom stereocenters. The number of carboxylic acid groups (broad SMARTS) is 1. The van der Waals surface area contributed by atoms with E-state index in [2.05, 4.69) is 4.98 Å². The molecule has 3 rings (SSSR count). The van der Waals surface area contributed by atoms with E-state index in [-0.39, 0.29) is 16.4 Å². The molecule has 0 bridgehead atoms. The van der Waals surface area contributed by atoms with Gasteiger partial charge >= 0.3 is 5.97 Å². The minimum absolute atomic E-state index is 0.0254. The van der Waals surface area contributed by atoms with Crippen LogP contribution in [-0.2, 0) is 6.42 Å². The number of aromatic nitrogens is 1. The highest BCUT2D eigenvalue weighted by Gasteiger charge is 2.24. The van der Waals surface area contributed by atoms with Gasteiger partial charge in [-0.3, -0.25) is 0 Å². The molecular weight excluding hydrogens is 283 g/mol. The third kappa shape index (κ3) is 2.10. The first kappa shape index (κ1) is 12.9. The van der Waals surface area contributed by atoms with E-state index in [1.165, 1.54) is 24.4 Å². The van der Waals surface area contributed by atoms with Gasteiger partial charge in [0.1, 0.15) is 5.82 Å². The number of carbonyl (C=O) groups is 1. The number of benzene rings is 1. The smallest absolute Gasteiger partial charge is 0.337 e. The number of nitrogens with zero attached hydrogens (tertiary/aromatic N) is 2. The zero-order valence-electron chi connectivity index (χ0n) is 10.3. The van der Waals surface area contributed by atoms with Gasteiger partial charge in [0.15, 0.2) is 5.82 Å². The number of carboxylic acids is 1. The Kier molecular flexibility index (Phi) is 3.06. The van der Waals surface area contributed by atoms with E-state index < -0.39 is 5.97 Å². The molecule has 102 valence electrons. The molecule has 4 nitrogen and oxygen atoms in total. The van der Waals surface area contributed by atoms with Crippen molar-refractivity contribution in [1.82, 2.24) is 4.98 Å². The highest BCUT2D eigenvalue weighted by Crippen LogP contribution is 2.37. The summed E-state index contributed by atoms with van der Waals surface area (Å²) in [5, 5.41) is 9.14. The van der Waals surface area contributed by atoms with Gasteiger partial charge in [-0.05, 0) is 30.2 Å². The predicted octanol–water partition coefficient (Wildman–Crippen LogP) is 3.27. The average Bonchev–Trinajstić information content (AvgIpc) is 2.81. The maximum Gasteiger partial charge on any atom is 0.337 e. The molecule has 0 radical (unpaired) electrons. The molecule has 1 aromatic heterocycles. The summed E-state index contributed by atoms with van der Waals surface area (Å²) in [6.07, 6.45) is 2.02. The molecule has 6 heteroatoms. The number of aromatic carboxylic acids is 1. The van der Waals surface area contributed by atoms with Crippen LogP contribution in [0.15, 0.2) is 30.5 Å². The van der Waals surface area contributed by atoms with Gasteiger partial charge < -0.3 is 10.0 Å². The number of pyridine rings is 1. The van der Waals surface area contributed by atoms with E-state index in [1.807, 2.05) is 0 Å². The zero-order valence-corrected chi connectivity index (χ0v) is 11.1. The highest BCUT2D eigenvalue weighted by atomic mass is 35.5. The van der Waals surface area contributed by atoms with Crippen LogP contribution in [0.3, 0.4) is 0 Å². The molecule has 2 heterocycles. The van der Waals surface area contributed by atoms with Gasteiger partial charge in [-0.25, -0.2) is 14.2 Å². The molecule has 20 heavy (non-hydrogen) atoms. The van der Waals surface area contributed by atoms with Crippen LogP contribution in [0.4, 0.5) is 15.9 Å². The van der Waals surface area contributed by atoms with Gasteiger partial charge in [0.2, 0.25) is 0 Å². The van der Waals surface area contributed by atoms with Gasteiger partial charge in [0.05, 0.1) is 10.6 Å². The van der Waals surface area contributed by atoms with Crippen LogP contribution in [0.1, 0.15) is 15.9 Å². The Labute approximate surface area is 119 Å². The Hall–Kier alpha value is -2.14. The van der Waals surface area contributed by atoms with Gasteiger partial charge in [0.25, 0.3) is 0 Å². The third-order valence-corrected chi connectivity index (χ3v) is 3.55. The lowest BCUT2D eigenvalue weighted by molar-refractivity contribution is 0.0696. The second-order valence-corrected chi connectivity index (χ2v) is 4.92. The molecule has 0 atom stereocenters. The quantitative estimate of drug-likeness (QED) is 0.923. The SMILES string of the molecule is O=C(O)c1cnc(N2CCc3ccc(F)cc32)c(Cl)c1. The van der Waals surface area contributed by atoms with E-state index in [1.54, 1.807) is 11.0 Å². The highest BCUT2D eigenvalue weighted by molar-refractivity contribution is 6.33. The van der Waals surface area contributed by atoms with Crippen molar-refractivity contribution in [2.45, 2.75) is 6.42 Å². The van der Waals surface area contributed by atoms with E-state index in [4.69, 9.17) is 16.7 Å². The van der Waals surface area contributed by atoms with Crippen LogP contribution in [0.25, 0.3) is 0 Å². The number of hydrogen-bond acceptors (Lipinski definition) is 3. The minimum Gasteiger partial charge on any atom is -0.478 e. The van der Waals surface area contributed by atoms with E-state index in [0.29, 0.717) is 12.4 Å². The Bertz CT molecular complexity index is 706. The van der Waals surface area contributed by atoms with Crippen molar-refractivity contribution in [3.05, 3.63) is 52.4 Å². The molecule has 1 aromatic carbocycles. The van der Waals surface area contributed by atoms with Gasteiger partial charge in [-0.2, -0.15) is 0 Å². The fourth-order valence-electron chi connectivity index (χ4n) is 2.32. The summed E-state index contributed by atoms with van der Waals surface area (Å²) in [5.74, 6) is -0.964. The summed E-state index contributed by atoms with van der Waals surface area (Å²) in [7, 11) is 0. The lowest BCUT2D eigenvalue weighted by atomic mass is 10.2. The molecule has 2 aromatic rings. The summed E-state index contributed by atoms with van der Waals surface area (Å²) in [4.78, 5) is 16.8.